The second-order valence-corrected chi connectivity index (χ2v) is 5.95. The highest BCUT2D eigenvalue weighted by Crippen LogP contribution is 2.18. The molecule has 3 aromatic rings. The number of aliphatic hydroxyl groups is 1. The molecule has 0 aliphatic rings. The van der Waals surface area contributed by atoms with E-state index in [9.17, 15) is 5.11 Å². The van der Waals surface area contributed by atoms with Crippen LogP contribution in [0.4, 0.5) is 0 Å². The molecule has 1 atom stereocenters. The van der Waals surface area contributed by atoms with Gasteiger partial charge in [0.2, 0.25) is 0 Å². The molecule has 6 heteroatoms. The van der Waals surface area contributed by atoms with Gasteiger partial charge in [-0.15, -0.1) is 0 Å². The molecule has 2 N–H and O–H groups in total. The van der Waals surface area contributed by atoms with E-state index in [1.165, 1.54) is 11.1 Å². The van der Waals surface area contributed by atoms with Gasteiger partial charge in [0.05, 0.1) is 36.6 Å². The lowest BCUT2D eigenvalue weighted by Gasteiger charge is -2.13. The van der Waals surface area contributed by atoms with Gasteiger partial charge in [-0.2, -0.15) is 5.10 Å². The van der Waals surface area contributed by atoms with Gasteiger partial charge in [0, 0.05) is 25.5 Å². The topological polar surface area (TPSA) is 67.9 Å². The predicted octanol–water partition coefficient (Wildman–Crippen LogP) is 1.50. The smallest absolute Gasteiger partial charge is 0.0959 e. The Morgan fingerprint density at radius 1 is 1.26 bits per heavy atom. The third kappa shape index (κ3) is 3.78. The van der Waals surface area contributed by atoms with Crippen molar-refractivity contribution in [3.63, 3.8) is 0 Å². The summed E-state index contributed by atoms with van der Waals surface area (Å²) in [6.07, 6.45) is 5.05. The van der Waals surface area contributed by atoms with Crippen molar-refractivity contribution in [1.82, 2.24) is 24.6 Å². The fraction of sp³-hybridized carbons (Fsp3) is 0.412. The Kier molecular flexibility index (Phi) is 4.73. The zero-order chi connectivity index (χ0) is 16.2. The third-order valence-electron chi connectivity index (χ3n) is 4.10. The fourth-order valence-electron chi connectivity index (χ4n) is 2.65. The van der Waals surface area contributed by atoms with Gasteiger partial charge in [0.1, 0.15) is 0 Å². The lowest BCUT2D eigenvalue weighted by atomic mass is 10.1. The number of rotatable bonds is 7. The van der Waals surface area contributed by atoms with Crippen LogP contribution in [0.2, 0.25) is 0 Å². The predicted molar refractivity (Wildman–Crippen MR) is 90.3 cm³/mol. The number of nitrogens with one attached hydrogen (secondary N) is 1. The van der Waals surface area contributed by atoms with Crippen molar-refractivity contribution in [3.8, 4) is 0 Å². The summed E-state index contributed by atoms with van der Waals surface area (Å²) in [5.74, 6) is 0. The van der Waals surface area contributed by atoms with Crippen LogP contribution in [0.5, 0.6) is 0 Å². The van der Waals surface area contributed by atoms with Crippen LogP contribution in [0.15, 0.2) is 36.9 Å². The minimum Gasteiger partial charge on any atom is -0.390 e. The summed E-state index contributed by atoms with van der Waals surface area (Å²) in [5, 5.41) is 17.6. The van der Waals surface area contributed by atoms with E-state index in [0.29, 0.717) is 13.1 Å². The average Bonchev–Trinajstić information content (AvgIpc) is 3.16. The van der Waals surface area contributed by atoms with E-state index in [4.69, 9.17) is 0 Å². The molecule has 122 valence electrons. The molecule has 6 nitrogen and oxygen atoms in total. The number of aromatic nitrogens is 4. The van der Waals surface area contributed by atoms with Gasteiger partial charge in [-0.05, 0) is 43.2 Å². The fourth-order valence-corrected chi connectivity index (χ4v) is 2.65. The zero-order valence-corrected chi connectivity index (χ0v) is 13.6. The molecule has 23 heavy (non-hydrogen) atoms. The molecule has 2 aromatic heterocycles. The highest BCUT2D eigenvalue weighted by molar-refractivity contribution is 5.77. The first kappa shape index (κ1) is 15.7. The molecule has 0 spiro atoms. The molecule has 0 amide bonds. The first-order valence-electron chi connectivity index (χ1n) is 7.92. The molecule has 0 fully saturated rings. The SMILES string of the molecule is Cc1cc2ncn(C[C@H](O)CNCCn3cccn3)c2cc1C. The van der Waals surface area contributed by atoms with Gasteiger partial charge in [0.15, 0.2) is 0 Å². The summed E-state index contributed by atoms with van der Waals surface area (Å²) >= 11 is 0. The Hall–Kier alpha value is -2.18. The van der Waals surface area contributed by atoms with Gasteiger partial charge in [-0.1, -0.05) is 0 Å². The number of benzene rings is 1. The van der Waals surface area contributed by atoms with Gasteiger partial charge < -0.3 is 15.0 Å². The Morgan fingerprint density at radius 2 is 2.09 bits per heavy atom. The van der Waals surface area contributed by atoms with E-state index < -0.39 is 6.10 Å². The van der Waals surface area contributed by atoms with E-state index in [0.717, 1.165) is 24.1 Å². The monoisotopic (exact) mass is 313 g/mol. The summed E-state index contributed by atoms with van der Waals surface area (Å²) in [4.78, 5) is 4.42. The van der Waals surface area contributed by atoms with E-state index >= 15 is 0 Å². The molecule has 0 saturated heterocycles. The highest BCUT2D eigenvalue weighted by Gasteiger charge is 2.09. The second kappa shape index (κ2) is 6.93. The summed E-state index contributed by atoms with van der Waals surface area (Å²) in [5.41, 5.74) is 4.53. The van der Waals surface area contributed by atoms with Crippen LogP contribution in [0.25, 0.3) is 11.0 Å². The van der Waals surface area contributed by atoms with Crippen molar-refractivity contribution in [2.24, 2.45) is 0 Å². The van der Waals surface area contributed by atoms with Crippen molar-refractivity contribution in [2.75, 3.05) is 13.1 Å². The largest absolute Gasteiger partial charge is 0.390 e. The molecule has 2 heterocycles. The molecular weight excluding hydrogens is 290 g/mol. The van der Waals surface area contributed by atoms with E-state index in [2.05, 4.69) is 41.4 Å². The van der Waals surface area contributed by atoms with Crippen LogP contribution in [-0.4, -0.2) is 43.6 Å². The molecule has 1 aromatic carbocycles. The summed E-state index contributed by atoms with van der Waals surface area (Å²) in [7, 11) is 0. The maximum Gasteiger partial charge on any atom is 0.0959 e. The molecule has 0 aliphatic heterocycles. The standard InChI is InChI=1S/C17H23N5O/c1-13-8-16-17(9-14(13)2)21(12-19-16)11-15(23)10-18-5-7-22-6-3-4-20-22/h3-4,6,8-9,12,15,18,23H,5,7,10-11H2,1-2H3/t15-/m1/s1. The zero-order valence-electron chi connectivity index (χ0n) is 13.6. The van der Waals surface area contributed by atoms with Crippen LogP contribution < -0.4 is 5.32 Å². The van der Waals surface area contributed by atoms with Crippen LogP contribution in [-0.2, 0) is 13.1 Å². The summed E-state index contributed by atoms with van der Waals surface area (Å²) in [6.45, 7) is 6.85. The van der Waals surface area contributed by atoms with Crippen molar-refractivity contribution in [3.05, 3.63) is 48.0 Å². The molecule has 0 aliphatic carbocycles. The van der Waals surface area contributed by atoms with Crippen LogP contribution in [0.1, 0.15) is 11.1 Å². The number of imidazole rings is 1. The van der Waals surface area contributed by atoms with Crippen molar-refractivity contribution < 1.29 is 5.11 Å². The maximum atomic E-state index is 10.2. The first-order chi connectivity index (χ1) is 11.1. The van der Waals surface area contributed by atoms with E-state index in [1.807, 2.05) is 21.5 Å². The van der Waals surface area contributed by atoms with Crippen LogP contribution >= 0.6 is 0 Å². The lowest BCUT2D eigenvalue weighted by Crippen LogP contribution is -2.32. The summed E-state index contributed by atoms with van der Waals surface area (Å²) in [6, 6.07) is 6.13. The number of aliphatic hydroxyl groups excluding tert-OH is 1. The van der Waals surface area contributed by atoms with Gasteiger partial charge in [-0.25, -0.2) is 4.98 Å². The number of nitrogens with zero attached hydrogens (tertiary/aromatic N) is 4. The number of fused-ring (bicyclic) bond motifs is 1. The van der Waals surface area contributed by atoms with Gasteiger partial charge >= 0.3 is 0 Å². The molecule has 0 unspecified atom stereocenters. The average molecular weight is 313 g/mol. The molecular formula is C17H23N5O. The Morgan fingerprint density at radius 3 is 2.87 bits per heavy atom. The Labute approximate surface area is 135 Å². The normalized spacial score (nSPS) is 12.8. The number of hydrogen-bond donors (Lipinski definition) is 2. The minimum absolute atomic E-state index is 0.452. The van der Waals surface area contributed by atoms with E-state index in [-0.39, 0.29) is 0 Å². The Bertz CT molecular complexity index is 763. The molecule has 0 radical (unpaired) electrons. The van der Waals surface area contributed by atoms with Crippen molar-refractivity contribution >= 4 is 11.0 Å². The minimum atomic E-state index is -0.452. The summed E-state index contributed by atoms with van der Waals surface area (Å²) < 4.78 is 3.88. The quantitative estimate of drug-likeness (QED) is 0.649. The second-order valence-electron chi connectivity index (χ2n) is 5.95. The van der Waals surface area contributed by atoms with Gasteiger partial charge in [0.25, 0.3) is 0 Å². The van der Waals surface area contributed by atoms with Crippen LogP contribution in [0, 0.1) is 13.8 Å². The maximum absolute atomic E-state index is 10.2. The Balaban J connectivity index is 1.53. The number of aryl methyl sites for hydroxylation is 2. The first-order valence-corrected chi connectivity index (χ1v) is 7.92. The van der Waals surface area contributed by atoms with Crippen molar-refractivity contribution in [2.45, 2.75) is 33.0 Å². The van der Waals surface area contributed by atoms with E-state index in [1.54, 1.807) is 12.5 Å². The van der Waals surface area contributed by atoms with Crippen molar-refractivity contribution in [1.29, 1.82) is 0 Å². The number of hydrogen-bond acceptors (Lipinski definition) is 4. The lowest BCUT2D eigenvalue weighted by molar-refractivity contribution is 0.152. The molecule has 0 bridgehead atoms. The highest BCUT2D eigenvalue weighted by atomic mass is 16.3. The molecule has 0 saturated carbocycles. The van der Waals surface area contributed by atoms with Gasteiger partial charge in [-0.3, -0.25) is 4.68 Å². The third-order valence-corrected chi connectivity index (χ3v) is 4.10. The molecule has 3 rings (SSSR count). The van der Waals surface area contributed by atoms with Crippen LogP contribution in [0.3, 0.4) is 0 Å².